The maximum atomic E-state index is 12.4. The number of imide groups is 1. The highest BCUT2D eigenvalue weighted by atomic mass is 16.5. The van der Waals surface area contributed by atoms with Crippen LogP contribution in [0.3, 0.4) is 0 Å². The maximum Gasteiger partial charge on any atom is 0.268 e. The average Bonchev–Trinajstić information content (AvgIpc) is 2.74. The minimum absolute atomic E-state index is 0.322. The molecular formula is C15H17NO5. The van der Waals surface area contributed by atoms with E-state index in [0.29, 0.717) is 34.9 Å². The molecule has 112 valence electrons. The van der Waals surface area contributed by atoms with Crippen LogP contribution in [0.1, 0.15) is 19.4 Å². The number of fused-ring (bicyclic) bond motifs is 1. The highest BCUT2D eigenvalue weighted by Gasteiger charge is 2.37. The molecule has 6 nitrogen and oxygen atoms in total. The Morgan fingerprint density at radius 2 is 1.86 bits per heavy atom. The molecule has 0 saturated carbocycles. The lowest BCUT2D eigenvalue weighted by Crippen LogP contribution is -2.31. The van der Waals surface area contributed by atoms with Crippen molar-refractivity contribution >= 4 is 23.1 Å². The highest BCUT2D eigenvalue weighted by Crippen LogP contribution is 2.43. The summed E-state index contributed by atoms with van der Waals surface area (Å²) >= 11 is 0. The van der Waals surface area contributed by atoms with Crippen LogP contribution in [-0.2, 0) is 14.3 Å². The molecule has 0 N–H and O–H groups in total. The third-order valence-electron chi connectivity index (χ3n) is 3.15. The van der Waals surface area contributed by atoms with E-state index >= 15 is 0 Å². The number of hydrogen-bond donors (Lipinski definition) is 0. The molecule has 0 unspecified atom stereocenters. The van der Waals surface area contributed by atoms with Gasteiger partial charge in [-0.15, -0.1) is 0 Å². The Hall–Kier alpha value is -2.50. The predicted molar refractivity (Wildman–Crippen MR) is 77.3 cm³/mol. The second-order valence-electron chi connectivity index (χ2n) is 4.37. The summed E-state index contributed by atoms with van der Waals surface area (Å²) in [6.45, 7) is 3.58. The van der Waals surface area contributed by atoms with Gasteiger partial charge in [0.15, 0.2) is 11.5 Å². The highest BCUT2D eigenvalue weighted by molar-refractivity contribution is 6.39. The number of methoxy groups -OCH3 is 2. The van der Waals surface area contributed by atoms with Gasteiger partial charge >= 0.3 is 0 Å². The van der Waals surface area contributed by atoms with E-state index in [4.69, 9.17) is 14.2 Å². The monoisotopic (exact) mass is 291 g/mol. The van der Waals surface area contributed by atoms with Crippen molar-refractivity contribution in [1.29, 1.82) is 0 Å². The van der Waals surface area contributed by atoms with Gasteiger partial charge < -0.3 is 14.2 Å². The smallest absolute Gasteiger partial charge is 0.268 e. The first-order chi connectivity index (χ1) is 10.0. The van der Waals surface area contributed by atoms with Crippen molar-refractivity contribution < 1.29 is 23.8 Å². The third-order valence-corrected chi connectivity index (χ3v) is 3.15. The largest absolute Gasteiger partial charge is 0.501 e. The molecule has 1 aliphatic rings. The molecule has 0 saturated heterocycles. The molecule has 21 heavy (non-hydrogen) atoms. The topological polar surface area (TPSA) is 65.1 Å². The predicted octanol–water partition coefficient (Wildman–Crippen LogP) is 1.97. The quantitative estimate of drug-likeness (QED) is 0.627. The SMILES string of the molecule is CCO/C=C1\C(=O)N(C(C)=O)c2cc(OC)c(OC)cc21. The van der Waals surface area contributed by atoms with Crippen molar-refractivity contribution in [2.75, 3.05) is 25.7 Å². The summed E-state index contributed by atoms with van der Waals surface area (Å²) in [5, 5.41) is 0. The normalized spacial score (nSPS) is 15.1. The molecule has 1 heterocycles. The fourth-order valence-electron chi connectivity index (χ4n) is 2.21. The number of nitrogens with zero attached hydrogens (tertiary/aromatic N) is 1. The van der Waals surface area contributed by atoms with Gasteiger partial charge in [-0.1, -0.05) is 0 Å². The van der Waals surface area contributed by atoms with Gasteiger partial charge in [0.25, 0.3) is 5.91 Å². The lowest BCUT2D eigenvalue weighted by molar-refractivity contribution is -0.122. The number of ether oxygens (including phenoxy) is 3. The Morgan fingerprint density at radius 1 is 1.24 bits per heavy atom. The van der Waals surface area contributed by atoms with Crippen molar-refractivity contribution in [3.05, 3.63) is 24.0 Å². The van der Waals surface area contributed by atoms with E-state index in [1.807, 2.05) is 6.92 Å². The van der Waals surface area contributed by atoms with Crippen LogP contribution in [0, 0.1) is 0 Å². The van der Waals surface area contributed by atoms with E-state index in [0.717, 1.165) is 4.90 Å². The number of amides is 2. The molecule has 0 bridgehead atoms. The molecule has 0 spiro atoms. The summed E-state index contributed by atoms with van der Waals surface area (Å²) < 4.78 is 15.7. The van der Waals surface area contributed by atoms with Gasteiger partial charge in [-0.25, -0.2) is 4.90 Å². The second kappa shape index (κ2) is 5.87. The van der Waals surface area contributed by atoms with Crippen LogP contribution in [0.4, 0.5) is 5.69 Å². The first kappa shape index (κ1) is 14.9. The van der Waals surface area contributed by atoms with Crippen LogP contribution in [-0.4, -0.2) is 32.6 Å². The van der Waals surface area contributed by atoms with E-state index in [1.54, 1.807) is 12.1 Å². The van der Waals surface area contributed by atoms with Gasteiger partial charge in [-0.2, -0.15) is 0 Å². The number of rotatable bonds is 4. The Kier molecular flexibility index (Phi) is 4.16. The second-order valence-corrected chi connectivity index (χ2v) is 4.37. The summed E-state index contributed by atoms with van der Waals surface area (Å²) in [7, 11) is 3.01. The summed E-state index contributed by atoms with van der Waals surface area (Å²) in [6, 6.07) is 3.28. The van der Waals surface area contributed by atoms with Crippen molar-refractivity contribution in [3.63, 3.8) is 0 Å². The minimum Gasteiger partial charge on any atom is -0.501 e. The number of hydrogen-bond acceptors (Lipinski definition) is 5. The molecule has 0 aliphatic carbocycles. The molecule has 1 aromatic rings. The van der Waals surface area contributed by atoms with Gasteiger partial charge in [0.05, 0.1) is 38.3 Å². The van der Waals surface area contributed by atoms with Crippen molar-refractivity contribution in [2.45, 2.75) is 13.8 Å². The van der Waals surface area contributed by atoms with Crippen molar-refractivity contribution in [3.8, 4) is 11.5 Å². The molecule has 0 radical (unpaired) electrons. The molecule has 1 aromatic carbocycles. The van der Waals surface area contributed by atoms with Gasteiger partial charge in [-0.05, 0) is 13.0 Å². The van der Waals surface area contributed by atoms with Crippen molar-refractivity contribution in [1.82, 2.24) is 0 Å². The number of benzene rings is 1. The Morgan fingerprint density at radius 3 is 2.38 bits per heavy atom. The standard InChI is InChI=1S/C15H17NO5/c1-5-21-8-11-10-6-13(19-3)14(20-4)7-12(10)16(9(2)17)15(11)18/h6-8H,5H2,1-4H3/b11-8-. The van der Waals surface area contributed by atoms with Crippen LogP contribution in [0.5, 0.6) is 11.5 Å². The summed E-state index contributed by atoms with van der Waals surface area (Å²) in [5.74, 6) is 0.152. The van der Waals surface area contributed by atoms with E-state index in [2.05, 4.69) is 0 Å². The van der Waals surface area contributed by atoms with Crippen LogP contribution < -0.4 is 14.4 Å². The van der Waals surface area contributed by atoms with Gasteiger partial charge in [0, 0.05) is 18.6 Å². The zero-order valence-corrected chi connectivity index (χ0v) is 12.4. The molecule has 6 heteroatoms. The molecule has 0 fully saturated rings. The third kappa shape index (κ3) is 2.44. The molecule has 2 rings (SSSR count). The Balaban J connectivity index is 2.65. The summed E-state index contributed by atoms with van der Waals surface area (Å²) in [6.07, 6.45) is 1.37. The fourth-order valence-corrected chi connectivity index (χ4v) is 2.21. The average molecular weight is 291 g/mol. The lowest BCUT2D eigenvalue weighted by atomic mass is 10.1. The van der Waals surface area contributed by atoms with Crippen LogP contribution in [0.15, 0.2) is 18.4 Å². The fraction of sp³-hybridized carbons (Fsp3) is 0.333. The molecule has 0 aromatic heterocycles. The van der Waals surface area contributed by atoms with E-state index in [1.165, 1.54) is 27.4 Å². The number of carbonyl (C=O) groups is 2. The molecule has 2 amide bonds. The first-order valence-corrected chi connectivity index (χ1v) is 6.48. The molecule has 1 aliphatic heterocycles. The molecule has 0 atom stereocenters. The maximum absolute atomic E-state index is 12.4. The van der Waals surface area contributed by atoms with Gasteiger partial charge in [0.1, 0.15) is 0 Å². The summed E-state index contributed by atoms with van der Waals surface area (Å²) in [4.78, 5) is 25.2. The number of anilines is 1. The van der Waals surface area contributed by atoms with Crippen LogP contribution in [0.25, 0.3) is 5.57 Å². The van der Waals surface area contributed by atoms with E-state index in [-0.39, 0.29) is 5.91 Å². The Bertz CT molecular complexity index is 621. The van der Waals surface area contributed by atoms with Gasteiger partial charge in [-0.3, -0.25) is 9.59 Å². The number of carbonyl (C=O) groups excluding carboxylic acids is 2. The van der Waals surface area contributed by atoms with Crippen LogP contribution in [0.2, 0.25) is 0 Å². The zero-order valence-electron chi connectivity index (χ0n) is 12.4. The zero-order chi connectivity index (χ0) is 15.6. The minimum atomic E-state index is -0.416. The van der Waals surface area contributed by atoms with Crippen LogP contribution >= 0.6 is 0 Å². The van der Waals surface area contributed by atoms with Crippen molar-refractivity contribution in [2.24, 2.45) is 0 Å². The lowest BCUT2D eigenvalue weighted by Gasteiger charge is -2.14. The Labute approximate surface area is 122 Å². The van der Waals surface area contributed by atoms with E-state index in [9.17, 15) is 9.59 Å². The molecular weight excluding hydrogens is 274 g/mol. The first-order valence-electron chi connectivity index (χ1n) is 6.48. The van der Waals surface area contributed by atoms with Gasteiger partial charge in [0.2, 0.25) is 5.91 Å². The van der Waals surface area contributed by atoms with E-state index < -0.39 is 5.91 Å². The summed E-state index contributed by atoms with van der Waals surface area (Å²) in [5.41, 5.74) is 1.38.